The van der Waals surface area contributed by atoms with Crippen molar-refractivity contribution >= 4 is 0 Å². The molecule has 114 valence electrons. The number of halogens is 3. The molecule has 1 rings (SSSR count). The second-order valence-corrected chi connectivity index (χ2v) is 4.84. The summed E-state index contributed by atoms with van der Waals surface area (Å²) in [5, 5.41) is 0. The van der Waals surface area contributed by atoms with Gasteiger partial charge in [0.1, 0.15) is 0 Å². The quantitative estimate of drug-likeness (QED) is 0.555. The normalized spacial score (nSPS) is 21.3. The van der Waals surface area contributed by atoms with Crippen molar-refractivity contribution in [3.8, 4) is 0 Å². The predicted molar refractivity (Wildman–Crippen MR) is 65.4 cm³/mol. The summed E-state index contributed by atoms with van der Waals surface area (Å²) in [7, 11) is 0. The Bertz CT molecular complexity index is 250. The standard InChI is InChI=1S/C12H23F3N2O2/c1-2-19-11(6-8-18-9-7-11)10(17-16)4-3-5-12(13,14)15/h10,17H,2-9,16H2,1H3. The predicted octanol–water partition coefficient (Wildman–Crippen LogP) is 2.14. The molecule has 1 saturated heterocycles. The van der Waals surface area contributed by atoms with Crippen LogP contribution in [0.1, 0.15) is 39.0 Å². The van der Waals surface area contributed by atoms with E-state index < -0.39 is 18.2 Å². The lowest BCUT2D eigenvalue weighted by molar-refractivity contribution is -0.143. The van der Waals surface area contributed by atoms with Gasteiger partial charge < -0.3 is 9.47 Å². The van der Waals surface area contributed by atoms with Gasteiger partial charge in [0, 0.05) is 39.1 Å². The maximum atomic E-state index is 12.2. The first-order valence-electron chi connectivity index (χ1n) is 6.68. The van der Waals surface area contributed by atoms with Crippen LogP contribution < -0.4 is 11.3 Å². The van der Waals surface area contributed by atoms with Crippen molar-refractivity contribution in [1.82, 2.24) is 5.43 Å². The number of alkyl halides is 3. The highest BCUT2D eigenvalue weighted by Crippen LogP contribution is 2.32. The summed E-state index contributed by atoms with van der Waals surface area (Å²) in [6.45, 7) is 3.49. The molecule has 0 aliphatic carbocycles. The molecule has 0 radical (unpaired) electrons. The Hall–Kier alpha value is -0.370. The fourth-order valence-corrected chi connectivity index (χ4v) is 2.60. The monoisotopic (exact) mass is 284 g/mol. The van der Waals surface area contributed by atoms with E-state index in [9.17, 15) is 13.2 Å². The lowest BCUT2D eigenvalue weighted by atomic mass is 9.83. The van der Waals surface area contributed by atoms with Crippen LogP contribution in [0.25, 0.3) is 0 Å². The highest BCUT2D eigenvalue weighted by molar-refractivity contribution is 4.94. The molecule has 0 saturated carbocycles. The Balaban J connectivity index is 2.57. The van der Waals surface area contributed by atoms with Gasteiger partial charge in [-0.15, -0.1) is 0 Å². The maximum absolute atomic E-state index is 12.2. The van der Waals surface area contributed by atoms with Gasteiger partial charge in [0.25, 0.3) is 0 Å². The van der Waals surface area contributed by atoms with E-state index in [2.05, 4.69) is 5.43 Å². The van der Waals surface area contributed by atoms with Crippen LogP contribution in [0.15, 0.2) is 0 Å². The minimum atomic E-state index is -4.12. The minimum absolute atomic E-state index is 0.0497. The molecule has 4 nitrogen and oxygen atoms in total. The van der Waals surface area contributed by atoms with Crippen molar-refractivity contribution in [2.75, 3.05) is 19.8 Å². The van der Waals surface area contributed by atoms with Gasteiger partial charge in [-0.25, -0.2) is 0 Å². The third-order valence-corrected chi connectivity index (χ3v) is 3.56. The molecule has 0 spiro atoms. The Kier molecular flexibility index (Phi) is 6.52. The molecule has 1 atom stereocenters. The molecule has 0 amide bonds. The number of hydrogen-bond acceptors (Lipinski definition) is 4. The van der Waals surface area contributed by atoms with Gasteiger partial charge in [-0.1, -0.05) is 0 Å². The van der Waals surface area contributed by atoms with Crippen LogP contribution in [-0.2, 0) is 9.47 Å². The zero-order valence-electron chi connectivity index (χ0n) is 11.3. The highest BCUT2D eigenvalue weighted by atomic mass is 19.4. The van der Waals surface area contributed by atoms with E-state index in [1.807, 2.05) is 6.92 Å². The molecular weight excluding hydrogens is 261 g/mol. The van der Waals surface area contributed by atoms with Crippen LogP contribution >= 0.6 is 0 Å². The summed E-state index contributed by atoms with van der Waals surface area (Å²) < 4.78 is 47.7. The summed E-state index contributed by atoms with van der Waals surface area (Å²) in [4.78, 5) is 0. The first kappa shape index (κ1) is 16.7. The fraction of sp³-hybridized carbons (Fsp3) is 1.00. The molecule has 19 heavy (non-hydrogen) atoms. The van der Waals surface area contributed by atoms with E-state index in [1.54, 1.807) is 0 Å². The van der Waals surface area contributed by atoms with E-state index in [0.29, 0.717) is 39.1 Å². The van der Waals surface area contributed by atoms with Gasteiger partial charge >= 0.3 is 6.18 Å². The lowest BCUT2D eigenvalue weighted by Crippen LogP contribution is -2.57. The van der Waals surface area contributed by atoms with E-state index in [-0.39, 0.29) is 12.5 Å². The van der Waals surface area contributed by atoms with Crippen LogP contribution in [0.5, 0.6) is 0 Å². The molecule has 0 aromatic rings. The SMILES string of the molecule is CCOC1(C(CCCC(F)(F)F)NN)CCOCC1. The minimum Gasteiger partial charge on any atom is -0.381 e. The summed E-state index contributed by atoms with van der Waals surface area (Å²) >= 11 is 0. The number of rotatable bonds is 7. The number of hydrazine groups is 1. The van der Waals surface area contributed by atoms with Crippen LogP contribution in [0.2, 0.25) is 0 Å². The summed E-state index contributed by atoms with van der Waals surface area (Å²) in [5.74, 6) is 5.52. The average Bonchev–Trinajstić information content (AvgIpc) is 2.35. The van der Waals surface area contributed by atoms with Crippen molar-refractivity contribution < 1.29 is 22.6 Å². The Morgan fingerprint density at radius 2 is 2.00 bits per heavy atom. The smallest absolute Gasteiger partial charge is 0.381 e. The molecule has 3 N–H and O–H groups in total. The Labute approximate surface area is 111 Å². The van der Waals surface area contributed by atoms with E-state index in [1.165, 1.54) is 0 Å². The van der Waals surface area contributed by atoms with Crippen molar-refractivity contribution in [3.05, 3.63) is 0 Å². The van der Waals surface area contributed by atoms with Gasteiger partial charge in [-0.2, -0.15) is 13.2 Å². The van der Waals surface area contributed by atoms with Gasteiger partial charge in [0.15, 0.2) is 0 Å². The van der Waals surface area contributed by atoms with E-state index in [4.69, 9.17) is 15.3 Å². The van der Waals surface area contributed by atoms with Gasteiger partial charge in [0.05, 0.1) is 11.6 Å². The van der Waals surface area contributed by atoms with Crippen molar-refractivity contribution in [2.45, 2.75) is 56.8 Å². The second-order valence-electron chi connectivity index (χ2n) is 4.84. The zero-order chi connectivity index (χ0) is 14.4. The third-order valence-electron chi connectivity index (χ3n) is 3.56. The topological polar surface area (TPSA) is 56.5 Å². The van der Waals surface area contributed by atoms with Crippen molar-refractivity contribution in [2.24, 2.45) is 5.84 Å². The average molecular weight is 284 g/mol. The van der Waals surface area contributed by atoms with Crippen LogP contribution in [0, 0.1) is 0 Å². The molecule has 1 aliphatic heterocycles. The summed E-state index contributed by atoms with van der Waals surface area (Å²) in [6.07, 6.45) is -3.20. The molecule has 1 aliphatic rings. The third kappa shape index (κ3) is 5.25. The molecule has 1 fully saturated rings. The number of ether oxygens (including phenoxy) is 2. The van der Waals surface area contributed by atoms with Gasteiger partial charge in [-0.3, -0.25) is 11.3 Å². The molecule has 1 unspecified atom stereocenters. The van der Waals surface area contributed by atoms with Gasteiger partial charge in [0.2, 0.25) is 0 Å². The van der Waals surface area contributed by atoms with Crippen LogP contribution in [0.4, 0.5) is 13.2 Å². The molecule has 7 heteroatoms. The van der Waals surface area contributed by atoms with Crippen LogP contribution in [-0.4, -0.2) is 37.6 Å². The second kappa shape index (κ2) is 7.42. The molecule has 0 bridgehead atoms. The largest absolute Gasteiger partial charge is 0.389 e. The first-order chi connectivity index (χ1) is 8.93. The highest BCUT2D eigenvalue weighted by Gasteiger charge is 2.41. The molecular formula is C12H23F3N2O2. The lowest BCUT2D eigenvalue weighted by Gasteiger charge is -2.43. The summed E-state index contributed by atoms with van der Waals surface area (Å²) in [5.41, 5.74) is 2.13. The van der Waals surface area contributed by atoms with Gasteiger partial charge in [-0.05, 0) is 19.8 Å². The number of nitrogens with one attached hydrogen (secondary N) is 1. The summed E-state index contributed by atoms with van der Waals surface area (Å²) in [6, 6.07) is -0.279. The number of hydrogen-bond donors (Lipinski definition) is 2. The number of nitrogens with two attached hydrogens (primary N) is 1. The van der Waals surface area contributed by atoms with Crippen LogP contribution in [0.3, 0.4) is 0 Å². The van der Waals surface area contributed by atoms with Crippen molar-refractivity contribution in [1.29, 1.82) is 0 Å². The van der Waals surface area contributed by atoms with Crippen molar-refractivity contribution in [3.63, 3.8) is 0 Å². The zero-order valence-corrected chi connectivity index (χ0v) is 11.3. The maximum Gasteiger partial charge on any atom is 0.389 e. The Morgan fingerprint density at radius 3 is 2.47 bits per heavy atom. The first-order valence-corrected chi connectivity index (χ1v) is 6.68. The molecule has 0 aromatic heterocycles. The Morgan fingerprint density at radius 1 is 1.37 bits per heavy atom. The van der Waals surface area contributed by atoms with E-state index >= 15 is 0 Å². The molecule has 1 heterocycles. The van der Waals surface area contributed by atoms with E-state index in [0.717, 1.165) is 0 Å². The fourth-order valence-electron chi connectivity index (χ4n) is 2.60. The molecule has 0 aromatic carbocycles.